The third-order valence-electron chi connectivity index (χ3n) is 3.59. The van der Waals surface area contributed by atoms with E-state index < -0.39 is 5.72 Å². The number of anilines is 1. The Hall–Kier alpha value is -1.35. The molecule has 1 saturated heterocycles. The van der Waals surface area contributed by atoms with E-state index in [1.165, 1.54) is 0 Å². The van der Waals surface area contributed by atoms with Crippen LogP contribution in [-0.4, -0.2) is 16.7 Å². The van der Waals surface area contributed by atoms with Gasteiger partial charge in [0, 0.05) is 18.5 Å². The first-order chi connectivity index (χ1) is 7.71. The van der Waals surface area contributed by atoms with E-state index in [1.807, 2.05) is 24.3 Å². The maximum Gasteiger partial charge on any atom is 0.229 e. The molecule has 1 fully saturated rings. The van der Waals surface area contributed by atoms with Crippen molar-refractivity contribution in [2.45, 2.75) is 37.8 Å². The van der Waals surface area contributed by atoms with Gasteiger partial charge < -0.3 is 5.11 Å². The Balaban J connectivity index is 2.11. The van der Waals surface area contributed by atoms with Gasteiger partial charge in [0.1, 0.15) is 5.72 Å². The van der Waals surface area contributed by atoms with E-state index in [-0.39, 0.29) is 5.91 Å². The molecule has 1 aromatic rings. The van der Waals surface area contributed by atoms with Crippen molar-refractivity contribution in [2.24, 2.45) is 0 Å². The second-order valence-corrected chi connectivity index (χ2v) is 4.72. The standard InChI is InChI=1S/C13H15NO2/c15-12-7-3-4-8-13(16)9-10-5-1-2-6-11(10)14(12)13/h1-2,5-6,16H,3-4,7-9H2. The highest BCUT2D eigenvalue weighted by atomic mass is 16.3. The summed E-state index contributed by atoms with van der Waals surface area (Å²) >= 11 is 0. The highest BCUT2D eigenvalue weighted by molar-refractivity contribution is 5.97. The van der Waals surface area contributed by atoms with Gasteiger partial charge in [-0.1, -0.05) is 18.2 Å². The highest BCUT2D eigenvalue weighted by Gasteiger charge is 2.45. The molecule has 0 aliphatic carbocycles. The van der Waals surface area contributed by atoms with Gasteiger partial charge in [-0.3, -0.25) is 9.69 Å². The molecule has 2 aliphatic heterocycles. The van der Waals surface area contributed by atoms with Gasteiger partial charge in [0.15, 0.2) is 0 Å². The fraction of sp³-hybridized carbons (Fsp3) is 0.462. The molecule has 1 unspecified atom stereocenters. The van der Waals surface area contributed by atoms with E-state index in [0.29, 0.717) is 19.3 Å². The minimum Gasteiger partial charge on any atom is -0.370 e. The number of hydrogen-bond acceptors (Lipinski definition) is 2. The molecule has 0 aromatic heterocycles. The summed E-state index contributed by atoms with van der Waals surface area (Å²) < 4.78 is 0. The molecule has 16 heavy (non-hydrogen) atoms. The van der Waals surface area contributed by atoms with Crippen molar-refractivity contribution in [2.75, 3.05) is 4.90 Å². The molecule has 0 saturated carbocycles. The van der Waals surface area contributed by atoms with Gasteiger partial charge in [0.2, 0.25) is 5.91 Å². The lowest BCUT2D eigenvalue weighted by atomic mass is 10.0. The first kappa shape index (κ1) is 9.85. The molecule has 1 amide bonds. The number of amides is 1. The molecule has 3 nitrogen and oxygen atoms in total. The molecule has 84 valence electrons. The van der Waals surface area contributed by atoms with Crippen LogP contribution in [-0.2, 0) is 11.2 Å². The summed E-state index contributed by atoms with van der Waals surface area (Å²) in [6, 6.07) is 7.80. The topological polar surface area (TPSA) is 40.5 Å². The van der Waals surface area contributed by atoms with Crippen molar-refractivity contribution in [3.05, 3.63) is 29.8 Å². The van der Waals surface area contributed by atoms with Crippen LogP contribution in [0.1, 0.15) is 31.2 Å². The Morgan fingerprint density at radius 2 is 2.06 bits per heavy atom. The van der Waals surface area contributed by atoms with Crippen LogP contribution in [0.4, 0.5) is 5.69 Å². The summed E-state index contributed by atoms with van der Waals surface area (Å²) in [6.45, 7) is 0. The van der Waals surface area contributed by atoms with E-state index in [9.17, 15) is 9.90 Å². The largest absolute Gasteiger partial charge is 0.370 e. The lowest BCUT2D eigenvalue weighted by Crippen LogP contribution is -2.48. The predicted molar refractivity (Wildman–Crippen MR) is 61.0 cm³/mol. The average molecular weight is 217 g/mol. The van der Waals surface area contributed by atoms with Crippen LogP contribution in [0, 0.1) is 0 Å². The van der Waals surface area contributed by atoms with Crippen molar-refractivity contribution in [1.82, 2.24) is 0 Å². The Labute approximate surface area is 94.7 Å². The lowest BCUT2D eigenvalue weighted by molar-refractivity contribution is -0.122. The molecular weight excluding hydrogens is 202 g/mol. The SMILES string of the molecule is O=C1CCCCC2(O)Cc3ccccc3N12. The van der Waals surface area contributed by atoms with Gasteiger partial charge in [-0.15, -0.1) is 0 Å². The lowest BCUT2D eigenvalue weighted by Gasteiger charge is -2.32. The van der Waals surface area contributed by atoms with Crippen LogP contribution in [0.25, 0.3) is 0 Å². The number of benzene rings is 1. The fourth-order valence-electron chi connectivity index (χ4n) is 2.85. The number of para-hydroxylation sites is 1. The molecule has 1 aromatic carbocycles. The first-order valence-electron chi connectivity index (χ1n) is 5.84. The van der Waals surface area contributed by atoms with Crippen molar-refractivity contribution in [1.29, 1.82) is 0 Å². The van der Waals surface area contributed by atoms with Gasteiger partial charge in [0.25, 0.3) is 0 Å². The predicted octanol–water partition coefficient (Wildman–Crippen LogP) is 1.84. The van der Waals surface area contributed by atoms with Crippen molar-refractivity contribution in [3.63, 3.8) is 0 Å². The van der Waals surface area contributed by atoms with Gasteiger partial charge in [0.05, 0.1) is 0 Å². The van der Waals surface area contributed by atoms with Gasteiger partial charge in [-0.05, 0) is 30.9 Å². The number of nitrogens with zero attached hydrogens (tertiary/aromatic N) is 1. The quantitative estimate of drug-likeness (QED) is 0.720. The third-order valence-corrected chi connectivity index (χ3v) is 3.59. The van der Waals surface area contributed by atoms with Gasteiger partial charge >= 0.3 is 0 Å². The van der Waals surface area contributed by atoms with Crippen molar-refractivity contribution < 1.29 is 9.90 Å². The van der Waals surface area contributed by atoms with Crippen molar-refractivity contribution in [3.8, 4) is 0 Å². The molecule has 2 heterocycles. The van der Waals surface area contributed by atoms with E-state index in [4.69, 9.17) is 0 Å². The summed E-state index contributed by atoms with van der Waals surface area (Å²) in [7, 11) is 0. The van der Waals surface area contributed by atoms with E-state index in [0.717, 1.165) is 24.1 Å². The number of carbonyl (C=O) groups excluding carboxylic acids is 1. The Kier molecular flexibility index (Phi) is 2.04. The second-order valence-electron chi connectivity index (χ2n) is 4.72. The number of aliphatic hydroxyl groups is 1. The maximum absolute atomic E-state index is 12.0. The Morgan fingerprint density at radius 3 is 2.94 bits per heavy atom. The summed E-state index contributed by atoms with van der Waals surface area (Å²) in [5, 5.41) is 10.6. The number of fused-ring (bicyclic) bond motifs is 3. The number of rotatable bonds is 0. The van der Waals surface area contributed by atoms with E-state index >= 15 is 0 Å². The van der Waals surface area contributed by atoms with E-state index in [2.05, 4.69) is 0 Å². The molecule has 0 bridgehead atoms. The normalized spacial score (nSPS) is 28.6. The van der Waals surface area contributed by atoms with E-state index in [1.54, 1.807) is 4.90 Å². The second kappa shape index (κ2) is 3.32. The zero-order chi connectivity index (χ0) is 11.2. The van der Waals surface area contributed by atoms with Crippen molar-refractivity contribution >= 4 is 11.6 Å². The smallest absolute Gasteiger partial charge is 0.229 e. The Morgan fingerprint density at radius 1 is 1.25 bits per heavy atom. The molecule has 1 N–H and O–H groups in total. The third kappa shape index (κ3) is 1.28. The molecular formula is C13H15NO2. The Bertz CT molecular complexity index is 443. The summed E-state index contributed by atoms with van der Waals surface area (Å²) in [5.74, 6) is 0.0601. The zero-order valence-corrected chi connectivity index (χ0v) is 9.15. The monoisotopic (exact) mass is 217 g/mol. The molecule has 3 heteroatoms. The van der Waals surface area contributed by atoms with Crippen LogP contribution in [0.2, 0.25) is 0 Å². The first-order valence-corrected chi connectivity index (χ1v) is 5.84. The molecule has 0 spiro atoms. The minimum absolute atomic E-state index is 0.0601. The maximum atomic E-state index is 12.0. The number of carbonyl (C=O) groups is 1. The number of hydrogen-bond donors (Lipinski definition) is 1. The summed E-state index contributed by atoms with van der Waals surface area (Å²) in [4.78, 5) is 13.6. The van der Waals surface area contributed by atoms with Crippen LogP contribution < -0.4 is 4.90 Å². The highest BCUT2D eigenvalue weighted by Crippen LogP contribution is 2.42. The van der Waals surface area contributed by atoms with Gasteiger partial charge in [-0.25, -0.2) is 0 Å². The van der Waals surface area contributed by atoms with Crippen LogP contribution in [0.15, 0.2) is 24.3 Å². The summed E-state index contributed by atoms with van der Waals surface area (Å²) in [6.07, 6.45) is 3.63. The zero-order valence-electron chi connectivity index (χ0n) is 9.15. The molecule has 1 atom stereocenters. The molecule has 3 rings (SSSR count). The van der Waals surface area contributed by atoms with Crippen LogP contribution >= 0.6 is 0 Å². The average Bonchev–Trinajstić information content (AvgIpc) is 2.48. The van der Waals surface area contributed by atoms with Crippen LogP contribution in [0.3, 0.4) is 0 Å². The summed E-state index contributed by atoms with van der Waals surface area (Å²) in [5.41, 5.74) is 1.02. The fourth-order valence-corrected chi connectivity index (χ4v) is 2.85. The van der Waals surface area contributed by atoms with Gasteiger partial charge in [-0.2, -0.15) is 0 Å². The minimum atomic E-state index is -0.961. The molecule has 0 radical (unpaired) electrons. The van der Waals surface area contributed by atoms with Crippen LogP contribution in [0.5, 0.6) is 0 Å². The molecule has 2 aliphatic rings.